The first-order valence-corrected chi connectivity index (χ1v) is 14.2. The second kappa shape index (κ2) is 10.0. The smallest absolute Gasteiger partial charge is 0.259 e. The number of carbonyl (C=O) groups excluding carboxylic acids is 1. The van der Waals surface area contributed by atoms with Crippen LogP contribution in [0.25, 0.3) is 0 Å². The first-order valence-electron chi connectivity index (χ1n) is 11.3. The molecule has 34 heavy (non-hydrogen) atoms. The Balaban J connectivity index is 1.54. The molecule has 0 radical (unpaired) electrons. The van der Waals surface area contributed by atoms with Crippen LogP contribution in [0.3, 0.4) is 0 Å². The zero-order chi connectivity index (χ0) is 24.3. The van der Waals surface area contributed by atoms with E-state index in [0.717, 1.165) is 32.1 Å². The monoisotopic (exact) mass is 507 g/mol. The van der Waals surface area contributed by atoms with Crippen molar-refractivity contribution < 1.29 is 26.4 Å². The fraction of sp³-hybridized carbons (Fsp3) is 0.435. The summed E-state index contributed by atoms with van der Waals surface area (Å²) in [6, 6.07) is 10.2. The van der Waals surface area contributed by atoms with Crippen LogP contribution in [0.4, 0.5) is 5.69 Å². The van der Waals surface area contributed by atoms with Gasteiger partial charge in [-0.25, -0.2) is 16.8 Å². The SMILES string of the molecule is COc1ccc(S(=O)(=O)N2CCCC2)cc1C(=O)Nc1ccc(S(=O)(=O)N2CCCCC2)cc1. The lowest BCUT2D eigenvalue weighted by Crippen LogP contribution is -2.35. The Morgan fingerprint density at radius 2 is 1.26 bits per heavy atom. The normalized spacial score (nSPS) is 18.0. The van der Waals surface area contributed by atoms with Gasteiger partial charge in [0.2, 0.25) is 20.0 Å². The van der Waals surface area contributed by atoms with Crippen molar-refractivity contribution in [3.63, 3.8) is 0 Å². The van der Waals surface area contributed by atoms with E-state index < -0.39 is 26.0 Å². The van der Waals surface area contributed by atoms with Gasteiger partial charge < -0.3 is 10.1 Å². The van der Waals surface area contributed by atoms with Crippen molar-refractivity contribution in [2.24, 2.45) is 0 Å². The van der Waals surface area contributed by atoms with E-state index in [4.69, 9.17) is 4.74 Å². The van der Waals surface area contributed by atoms with Gasteiger partial charge in [-0.05, 0) is 68.1 Å². The molecule has 2 aliphatic rings. The molecule has 0 aromatic heterocycles. The van der Waals surface area contributed by atoms with E-state index in [0.29, 0.717) is 31.9 Å². The first-order chi connectivity index (χ1) is 16.2. The van der Waals surface area contributed by atoms with Crippen LogP contribution in [-0.2, 0) is 20.0 Å². The Hall–Kier alpha value is -2.47. The van der Waals surface area contributed by atoms with Crippen molar-refractivity contribution >= 4 is 31.6 Å². The molecule has 11 heteroatoms. The lowest BCUT2D eigenvalue weighted by molar-refractivity contribution is 0.102. The molecule has 2 aliphatic heterocycles. The molecule has 0 bridgehead atoms. The molecule has 0 aliphatic carbocycles. The van der Waals surface area contributed by atoms with Crippen molar-refractivity contribution in [3.8, 4) is 5.75 Å². The highest BCUT2D eigenvalue weighted by Crippen LogP contribution is 2.28. The number of hydrogen-bond acceptors (Lipinski definition) is 6. The molecule has 4 rings (SSSR count). The number of piperidine rings is 1. The van der Waals surface area contributed by atoms with Gasteiger partial charge in [0.25, 0.3) is 5.91 Å². The number of sulfonamides is 2. The average molecular weight is 508 g/mol. The minimum Gasteiger partial charge on any atom is -0.496 e. The summed E-state index contributed by atoms with van der Waals surface area (Å²) >= 11 is 0. The zero-order valence-electron chi connectivity index (χ0n) is 19.1. The largest absolute Gasteiger partial charge is 0.496 e. The second-order valence-electron chi connectivity index (χ2n) is 8.42. The predicted octanol–water partition coefficient (Wildman–Crippen LogP) is 2.91. The number of nitrogens with one attached hydrogen (secondary N) is 1. The first kappa shape index (κ1) is 24.6. The fourth-order valence-corrected chi connectivity index (χ4v) is 7.33. The zero-order valence-corrected chi connectivity index (χ0v) is 20.7. The quantitative estimate of drug-likeness (QED) is 0.617. The third-order valence-corrected chi connectivity index (χ3v) is 9.99. The number of anilines is 1. The fourth-order valence-electron chi connectivity index (χ4n) is 4.27. The van der Waals surface area contributed by atoms with E-state index in [1.165, 1.54) is 58.2 Å². The van der Waals surface area contributed by atoms with Gasteiger partial charge >= 0.3 is 0 Å². The van der Waals surface area contributed by atoms with Crippen molar-refractivity contribution in [2.75, 3.05) is 38.6 Å². The number of rotatable bonds is 7. The summed E-state index contributed by atoms with van der Waals surface area (Å²) in [4.78, 5) is 13.2. The van der Waals surface area contributed by atoms with Gasteiger partial charge in [0.05, 0.1) is 22.5 Å². The van der Waals surface area contributed by atoms with E-state index in [1.807, 2.05) is 0 Å². The molecule has 2 heterocycles. The van der Waals surface area contributed by atoms with Crippen molar-refractivity contribution in [3.05, 3.63) is 48.0 Å². The molecule has 2 saturated heterocycles. The van der Waals surface area contributed by atoms with Gasteiger partial charge in [0.1, 0.15) is 5.75 Å². The molecule has 2 fully saturated rings. The number of benzene rings is 2. The van der Waals surface area contributed by atoms with Crippen molar-refractivity contribution in [1.82, 2.24) is 8.61 Å². The summed E-state index contributed by atoms with van der Waals surface area (Å²) in [5.74, 6) is -0.316. The van der Waals surface area contributed by atoms with Gasteiger partial charge in [0.15, 0.2) is 0 Å². The number of methoxy groups -OCH3 is 1. The molecule has 0 saturated carbocycles. The highest BCUT2D eigenvalue weighted by Gasteiger charge is 2.29. The molecule has 1 amide bonds. The molecular weight excluding hydrogens is 478 g/mol. The maximum Gasteiger partial charge on any atom is 0.259 e. The lowest BCUT2D eigenvalue weighted by Gasteiger charge is -2.25. The van der Waals surface area contributed by atoms with Crippen LogP contribution in [-0.4, -0.2) is 64.6 Å². The van der Waals surface area contributed by atoms with E-state index in [2.05, 4.69) is 5.32 Å². The average Bonchev–Trinajstić information content (AvgIpc) is 3.40. The minimum absolute atomic E-state index is 0.0309. The van der Waals surface area contributed by atoms with E-state index in [9.17, 15) is 21.6 Å². The molecule has 2 aromatic rings. The van der Waals surface area contributed by atoms with Crippen LogP contribution in [0.15, 0.2) is 52.3 Å². The second-order valence-corrected chi connectivity index (χ2v) is 12.3. The maximum atomic E-state index is 13.0. The van der Waals surface area contributed by atoms with Crippen LogP contribution in [0.2, 0.25) is 0 Å². The molecule has 184 valence electrons. The number of ether oxygens (including phenoxy) is 1. The molecular formula is C23H29N3O6S2. The summed E-state index contributed by atoms with van der Waals surface area (Å²) < 4.78 is 59.7. The van der Waals surface area contributed by atoms with Crippen LogP contribution >= 0.6 is 0 Å². The van der Waals surface area contributed by atoms with E-state index >= 15 is 0 Å². The van der Waals surface area contributed by atoms with Crippen molar-refractivity contribution in [1.29, 1.82) is 0 Å². The van der Waals surface area contributed by atoms with Gasteiger partial charge in [-0.1, -0.05) is 6.42 Å². The molecule has 1 N–H and O–H groups in total. The van der Waals surface area contributed by atoms with Gasteiger partial charge in [-0.15, -0.1) is 0 Å². The standard InChI is InChI=1S/C23H29N3O6S2/c1-32-22-12-11-20(34(30,31)26-15-5-6-16-26)17-21(22)23(27)24-18-7-9-19(10-8-18)33(28,29)25-13-3-2-4-14-25/h7-12,17H,2-6,13-16H2,1H3,(H,24,27). The van der Waals surface area contributed by atoms with Gasteiger partial charge in [0, 0.05) is 31.9 Å². The van der Waals surface area contributed by atoms with Crippen molar-refractivity contribution in [2.45, 2.75) is 41.9 Å². The summed E-state index contributed by atoms with van der Waals surface area (Å²) in [6.07, 6.45) is 4.35. The predicted molar refractivity (Wildman–Crippen MR) is 128 cm³/mol. The Bertz CT molecular complexity index is 1250. The Labute approximate surface area is 200 Å². The number of hydrogen-bond donors (Lipinski definition) is 1. The molecule has 2 aromatic carbocycles. The number of amides is 1. The summed E-state index contributed by atoms with van der Waals surface area (Å²) in [5, 5.41) is 2.70. The van der Waals surface area contributed by atoms with Gasteiger partial charge in [-0.3, -0.25) is 4.79 Å². The Morgan fingerprint density at radius 1 is 0.765 bits per heavy atom. The number of nitrogens with zero attached hydrogens (tertiary/aromatic N) is 2. The third kappa shape index (κ3) is 4.97. The topological polar surface area (TPSA) is 113 Å². The van der Waals surface area contributed by atoms with E-state index in [1.54, 1.807) is 0 Å². The van der Waals surface area contributed by atoms with Crippen LogP contribution < -0.4 is 10.1 Å². The minimum atomic E-state index is -3.70. The van der Waals surface area contributed by atoms with E-state index in [-0.39, 0.29) is 21.1 Å². The molecule has 9 nitrogen and oxygen atoms in total. The highest BCUT2D eigenvalue weighted by molar-refractivity contribution is 7.89. The van der Waals surface area contributed by atoms with Gasteiger partial charge in [-0.2, -0.15) is 8.61 Å². The summed E-state index contributed by atoms with van der Waals surface area (Å²) in [6.45, 7) is 1.94. The Kier molecular flexibility index (Phi) is 7.27. The third-order valence-electron chi connectivity index (χ3n) is 6.18. The van der Waals surface area contributed by atoms with Crippen LogP contribution in [0.5, 0.6) is 5.75 Å². The van der Waals surface area contributed by atoms with Crippen LogP contribution in [0, 0.1) is 0 Å². The number of carbonyl (C=O) groups is 1. The molecule has 0 unspecified atom stereocenters. The molecule has 0 spiro atoms. The highest BCUT2D eigenvalue weighted by atomic mass is 32.2. The van der Waals surface area contributed by atoms with Crippen LogP contribution in [0.1, 0.15) is 42.5 Å². The molecule has 0 atom stereocenters. The maximum absolute atomic E-state index is 13.0. The lowest BCUT2D eigenvalue weighted by atomic mass is 10.2. The summed E-state index contributed by atoms with van der Waals surface area (Å²) in [7, 11) is -5.87. The summed E-state index contributed by atoms with van der Waals surface area (Å²) in [5.41, 5.74) is 0.463. The Morgan fingerprint density at radius 3 is 1.82 bits per heavy atom.